The average Bonchev–Trinajstić information content (AvgIpc) is 2.85. The summed E-state index contributed by atoms with van der Waals surface area (Å²) in [5.41, 5.74) is 6.13. The molecular formula is C13H25N3. The lowest BCUT2D eigenvalue weighted by Gasteiger charge is -2.39. The van der Waals surface area contributed by atoms with Gasteiger partial charge in [-0.15, -0.1) is 0 Å². The molecule has 0 bridgehead atoms. The molecule has 0 spiro atoms. The lowest BCUT2D eigenvalue weighted by atomic mass is 9.96. The molecule has 3 aliphatic heterocycles. The van der Waals surface area contributed by atoms with E-state index in [-0.39, 0.29) is 0 Å². The molecule has 3 heterocycles. The Labute approximate surface area is 99.0 Å². The summed E-state index contributed by atoms with van der Waals surface area (Å²) < 4.78 is 0. The van der Waals surface area contributed by atoms with E-state index in [1.807, 2.05) is 0 Å². The van der Waals surface area contributed by atoms with Gasteiger partial charge in [-0.3, -0.25) is 4.90 Å². The van der Waals surface area contributed by atoms with Gasteiger partial charge in [0.1, 0.15) is 0 Å². The molecule has 3 heteroatoms. The number of piperidine rings is 1. The van der Waals surface area contributed by atoms with Crippen LogP contribution in [0.3, 0.4) is 0 Å². The van der Waals surface area contributed by atoms with E-state index in [9.17, 15) is 0 Å². The molecule has 0 amide bonds. The Bertz CT molecular complexity index is 246. The largest absolute Gasteiger partial charge is 0.326 e. The second-order valence-corrected chi connectivity index (χ2v) is 6.11. The van der Waals surface area contributed by atoms with Crippen LogP contribution in [0.5, 0.6) is 0 Å². The molecule has 4 atom stereocenters. The van der Waals surface area contributed by atoms with E-state index in [0.717, 1.165) is 18.6 Å². The van der Waals surface area contributed by atoms with Crippen LogP contribution in [0.4, 0.5) is 0 Å². The highest BCUT2D eigenvalue weighted by atomic mass is 15.2. The van der Waals surface area contributed by atoms with Crippen LogP contribution in [0.2, 0.25) is 0 Å². The van der Waals surface area contributed by atoms with Gasteiger partial charge in [-0.2, -0.15) is 0 Å². The lowest BCUT2D eigenvalue weighted by molar-refractivity contribution is 0.101. The van der Waals surface area contributed by atoms with Gasteiger partial charge in [0, 0.05) is 31.2 Å². The van der Waals surface area contributed by atoms with Crippen molar-refractivity contribution in [3.8, 4) is 0 Å². The molecule has 4 unspecified atom stereocenters. The van der Waals surface area contributed by atoms with Crippen LogP contribution >= 0.6 is 0 Å². The highest BCUT2D eigenvalue weighted by Crippen LogP contribution is 2.31. The summed E-state index contributed by atoms with van der Waals surface area (Å²) in [5.74, 6) is 0.696. The summed E-state index contributed by atoms with van der Waals surface area (Å²) >= 11 is 0. The zero-order valence-corrected chi connectivity index (χ0v) is 10.4. The first-order chi connectivity index (χ1) is 7.74. The first kappa shape index (κ1) is 11.0. The molecular weight excluding hydrogens is 198 g/mol. The molecule has 92 valence electrons. The molecule has 0 saturated carbocycles. The third-order valence-electron chi connectivity index (χ3n) is 5.01. The Balaban J connectivity index is 1.60. The fourth-order valence-corrected chi connectivity index (χ4v) is 3.86. The van der Waals surface area contributed by atoms with Gasteiger partial charge in [0.2, 0.25) is 0 Å². The van der Waals surface area contributed by atoms with E-state index in [4.69, 9.17) is 5.73 Å². The standard InChI is InChI=1S/C13H25N3/c1-10-8-16(9-13(10)14)12-4-6-15-5-2-3-11(15)7-12/h10-13H,2-9,14H2,1H3. The topological polar surface area (TPSA) is 32.5 Å². The zero-order chi connectivity index (χ0) is 11.1. The summed E-state index contributed by atoms with van der Waals surface area (Å²) in [6.45, 7) is 7.36. The number of hydrogen-bond donors (Lipinski definition) is 1. The van der Waals surface area contributed by atoms with Gasteiger partial charge in [-0.1, -0.05) is 6.92 Å². The fourth-order valence-electron chi connectivity index (χ4n) is 3.86. The maximum atomic E-state index is 6.13. The lowest BCUT2D eigenvalue weighted by Crippen LogP contribution is -2.47. The predicted molar refractivity (Wildman–Crippen MR) is 66.3 cm³/mol. The summed E-state index contributed by atoms with van der Waals surface area (Å²) in [6, 6.07) is 2.14. The van der Waals surface area contributed by atoms with Gasteiger partial charge in [0.25, 0.3) is 0 Å². The molecule has 3 fully saturated rings. The second kappa shape index (κ2) is 4.28. The molecule has 3 rings (SSSR count). The van der Waals surface area contributed by atoms with Gasteiger partial charge in [-0.25, -0.2) is 0 Å². The van der Waals surface area contributed by atoms with Crippen molar-refractivity contribution in [2.75, 3.05) is 26.2 Å². The fraction of sp³-hybridized carbons (Fsp3) is 1.00. The molecule has 0 aliphatic carbocycles. The molecule has 3 aliphatic rings. The van der Waals surface area contributed by atoms with E-state index >= 15 is 0 Å². The molecule has 3 saturated heterocycles. The Hall–Kier alpha value is -0.120. The Morgan fingerprint density at radius 3 is 2.56 bits per heavy atom. The Morgan fingerprint density at radius 2 is 1.81 bits per heavy atom. The van der Waals surface area contributed by atoms with Crippen LogP contribution in [-0.4, -0.2) is 54.1 Å². The maximum Gasteiger partial charge on any atom is 0.0206 e. The van der Waals surface area contributed by atoms with Gasteiger partial charge in [-0.05, 0) is 44.7 Å². The van der Waals surface area contributed by atoms with Crippen LogP contribution in [0, 0.1) is 5.92 Å². The second-order valence-electron chi connectivity index (χ2n) is 6.11. The van der Waals surface area contributed by atoms with Gasteiger partial charge in [0.15, 0.2) is 0 Å². The van der Waals surface area contributed by atoms with Crippen LogP contribution in [0.25, 0.3) is 0 Å². The monoisotopic (exact) mass is 223 g/mol. The van der Waals surface area contributed by atoms with Crippen LogP contribution < -0.4 is 5.73 Å². The molecule has 0 radical (unpaired) electrons. The van der Waals surface area contributed by atoms with Crippen molar-refractivity contribution in [2.24, 2.45) is 11.7 Å². The first-order valence-electron chi connectivity index (χ1n) is 6.97. The predicted octanol–water partition coefficient (Wildman–Crippen LogP) is 0.892. The minimum absolute atomic E-state index is 0.418. The molecule has 0 aromatic carbocycles. The van der Waals surface area contributed by atoms with Crippen molar-refractivity contribution in [1.82, 2.24) is 9.80 Å². The van der Waals surface area contributed by atoms with E-state index in [1.54, 1.807) is 0 Å². The third-order valence-corrected chi connectivity index (χ3v) is 5.01. The van der Waals surface area contributed by atoms with E-state index in [1.165, 1.54) is 45.3 Å². The zero-order valence-electron chi connectivity index (χ0n) is 10.4. The van der Waals surface area contributed by atoms with Crippen molar-refractivity contribution in [1.29, 1.82) is 0 Å². The van der Waals surface area contributed by atoms with Crippen LogP contribution in [-0.2, 0) is 0 Å². The van der Waals surface area contributed by atoms with Crippen LogP contribution in [0.15, 0.2) is 0 Å². The van der Waals surface area contributed by atoms with Crippen molar-refractivity contribution in [2.45, 2.75) is 50.7 Å². The average molecular weight is 223 g/mol. The number of rotatable bonds is 1. The van der Waals surface area contributed by atoms with Crippen molar-refractivity contribution < 1.29 is 0 Å². The summed E-state index contributed by atoms with van der Waals surface area (Å²) in [5, 5.41) is 0. The summed E-state index contributed by atoms with van der Waals surface area (Å²) in [4.78, 5) is 5.38. The smallest absolute Gasteiger partial charge is 0.0206 e. The van der Waals surface area contributed by atoms with E-state index in [2.05, 4.69) is 16.7 Å². The van der Waals surface area contributed by atoms with Crippen molar-refractivity contribution >= 4 is 0 Å². The quantitative estimate of drug-likeness (QED) is 0.716. The molecule has 3 nitrogen and oxygen atoms in total. The first-order valence-corrected chi connectivity index (χ1v) is 6.97. The van der Waals surface area contributed by atoms with Gasteiger partial charge in [0.05, 0.1) is 0 Å². The van der Waals surface area contributed by atoms with Crippen molar-refractivity contribution in [3.05, 3.63) is 0 Å². The van der Waals surface area contributed by atoms with Gasteiger partial charge < -0.3 is 10.6 Å². The summed E-state index contributed by atoms with van der Waals surface area (Å²) in [6.07, 6.45) is 5.63. The minimum atomic E-state index is 0.418. The Kier molecular flexibility index (Phi) is 2.94. The number of fused-ring (bicyclic) bond motifs is 1. The number of hydrogen-bond acceptors (Lipinski definition) is 3. The van der Waals surface area contributed by atoms with Crippen molar-refractivity contribution in [3.63, 3.8) is 0 Å². The molecule has 0 aromatic rings. The number of likely N-dealkylation sites (tertiary alicyclic amines) is 1. The maximum absolute atomic E-state index is 6.13. The molecule has 0 aromatic heterocycles. The normalized spacial score (nSPS) is 46.1. The minimum Gasteiger partial charge on any atom is -0.326 e. The molecule has 16 heavy (non-hydrogen) atoms. The van der Waals surface area contributed by atoms with Crippen LogP contribution in [0.1, 0.15) is 32.6 Å². The molecule has 2 N–H and O–H groups in total. The van der Waals surface area contributed by atoms with Gasteiger partial charge >= 0.3 is 0 Å². The number of nitrogens with zero attached hydrogens (tertiary/aromatic N) is 2. The highest BCUT2D eigenvalue weighted by Gasteiger charge is 2.37. The Morgan fingerprint density at radius 1 is 1.00 bits per heavy atom. The SMILES string of the molecule is CC1CN(C2CCN3CCCC3C2)CC1N. The third kappa shape index (κ3) is 1.89. The van der Waals surface area contributed by atoms with E-state index in [0.29, 0.717) is 12.0 Å². The summed E-state index contributed by atoms with van der Waals surface area (Å²) in [7, 11) is 0. The number of nitrogens with two attached hydrogens (primary N) is 1. The van der Waals surface area contributed by atoms with E-state index < -0.39 is 0 Å². The highest BCUT2D eigenvalue weighted by molar-refractivity contribution is 4.94.